The van der Waals surface area contributed by atoms with E-state index in [0.29, 0.717) is 19.5 Å². The van der Waals surface area contributed by atoms with E-state index in [4.69, 9.17) is 0 Å². The average molecular weight is 384 g/mol. The van der Waals surface area contributed by atoms with Crippen LogP contribution in [0.5, 0.6) is 0 Å². The molecule has 2 aliphatic rings. The maximum atomic E-state index is 13.2. The molecule has 0 radical (unpaired) electrons. The first-order valence-electron chi connectivity index (χ1n) is 10.1. The van der Waals surface area contributed by atoms with Gasteiger partial charge in [0.1, 0.15) is 0 Å². The van der Waals surface area contributed by atoms with Gasteiger partial charge in [-0.05, 0) is 44.5 Å². The van der Waals surface area contributed by atoms with Crippen molar-refractivity contribution in [1.82, 2.24) is 19.7 Å². The SMILES string of the molecule is C[C@@H]1[C@H](CN2CCCC2)N(C(=O)Cc2c[nH]c3ccccc23)CCN1C(=O)O. The predicted octanol–water partition coefficient (Wildman–Crippen LogP) is 2.39. The summed E-state index contributed by atoms with van der Waals surface area (Å²) >= 11 is 0. The number of nitrogens with zero attached hydrogens (tertiary/aromatic N) is 3. The van der Waals surface area contributed by atoms with Gasteiger partial charge in [-0.3, -0.25) is 4.79 Å². The number of aromatic amines is 1. The highest BCUT2D eigenvalue weighted by molar-refractivity contribution is 5.89. The number of nitrogens with one attached hydrogen (secondary N) is 1. The smallest absolute Gasteiger partial charge is 0.407 e. The third kappa shape index (κ3) is 3.58. The minimum atomic E-state index is -0.900. The van der Waals surface area contributed by atoms with Crippen molar-refractivity contribution >= 4 is 22.9 Å². The first-order valence-corrected chi connectivity index (χ1v) is 10.1. The van der Waals surface area contributed by atoms with E-state index in [-0.39, 0.29) is 18.0 Å². The summed E-state index contributed by atoms with van der Waals surface area (Å²) in [6.45, 7) is 5.55. The molecule has 2 atom stereocenters. The van der Waals surface area contributed by atoms with Gasteiger partial charge >= 0.3 is 6.09 Å². The lowest BCUT2D eigenvalue weighted by molar-refractivity contribution is -0.137. The fourth-order valence-corrected chi connectivity index (χ4v) is 4.66. The standard InChI is InChI=1S/C21H28N4O3/c1-15-19(14-23-8-4-5-9-23)25(11-10-24(15)21(27)28)20(26)12-16-13-22-18-7-3-2-6-17(16)18/h2-3,6-7,13,15,19,22H,4-5,8-12,14H2,1H3,(H,27,28)/t15-,19+/m1/s1. The summed E-state index contributed by atoms with van der Waals surface area (Å²) in [7, 11) is 0. The Morgan fingerprint density at radius 3 is 2.57 bits per heavy atom. The van der Waals surface area contributed by atoms with Crippen LogP contribution in [0.1, 0.15) is 25.3 Å². The Labute approximate surface area is 164 Å². The van der Waals surface area contributed by atoms with E-state index >= 15 is 0 Å². The second-order valence-corrected chi connectivity index (χ2v) is 7.92. The van der Waals surface area contributed by atoms with Crippen LogP contribution < -0.4 is 0 Å². The topological polar surface area (TPSA) is 79.9 Å². The first-order chi connectivity index (χ1) is 13.5. The van der Waals surface area contributed by atoms with Crippen molar-refractivity contribution in [3.8, 4) is 0 Å². The molecular weight excluding hydrogens is 356 g/mol. The van der Waals surface area contributed by atoms with E-state index in [9.17, 15) is 14.7 Å². The zero-order valence-corrected chi connectivity index (χ0v) is 16.3. The molecule has 2 saturated heterocycles. The summed E-state index contributed by atoms with van der Waals surface area (Å²) < 4.78 is 0. The molecule has 150 valence electrons. The van der Waals surface area contributed by atoms with Gasteiger partial charge in [0.25, 0.3) is 0 Å². The largest absolute Gasteiger partial charge is 0.465 e. The van der Waals surface area contributed by atoms with Crippen LogP contribution in [0.3, 0.4) is 0 Å². The third-order valence-electron chi connectivity index (χ3n) is 6.26. The Bertz CT molecular complexity index is 858. The normalized spacial score (nSPS) is 23.5. The minimum absolute atomic E-state index is 0.0749. The van der Waals surface area contributed by atoms with Gasteiger partial charge in [0.2, 0.25) is 5.91 Å². The van der Waals surface area contributed by atoms with Crippen molar-refractivity contribution in [3.05, 3.63) is 36.0 Å². The number of para-hydroxylation sites is 1. The van der Waals surface area contributed by atoms with Gasteiger partial charge in [0, 0.05) is 36.7 Å². The monoisotopic (exact) mass is 384 g/mol. The summed E-state index contributed by atoms with van der Waals surface area (Å²) in [6.07, 6.45) is 3.69. The van der Waals surface area contributed by atoms with E-state index in [1.54, 1.807) is 0 Å². The van der Waals surface area contributed by atoms with E-state index in [1.807, 2.05) is 42.3 Å². The number of aromatic nitrogens is 1. The van der Waals surface area contributed by atoms with E-state index in [1.165, 1.54) is 17.7 Å². The van der Waals surface area contributed by atoms with Gasteiger partial charge < -0.3 is 24.8 Å². The molecule has 2 aromatic rings. The van der Waals surface area contributed by atoms with Gasteiger partial charge in [-0.1, -0.05) is 18.2 Å². The van der Waals surface area contributed by atoms with Crippen LogP contribution in [-0.4, -0.2) is 81.6 Å². The highest BCUT2D eigenvalue weighted by atomic mass is 16.4. The lowest BCUT2D eigenvalue weighted by Gasteiger charge is -2.46. The highest BCUT2D eigenvalue weighted by Gasteiger charge is 2.39. The number of fused-ring (bicyclic) bond motifs is 1. The van der Waals surface area contributed by atoms with Gasteiger partial charge in [-0.2, -0.15) is 0 Å². The van der Waals surface area contributed by atoms with Crippen LogP contribution in [0.15, 0.2) is 30.5 Å². The molecule has 1 aromatic carbocycles. The first kappa shape index (κ1) is 18.8. The van der Waals surface area contributed by atoms with Gasteiger partial charge in [-0.15, -0.1) is 0 Å². The Kier molecular flexibility index (Phi) is 5.26. The number of likely N-dealkylation sites (tertiary alicyclic amines) is 1. The maximum Gasteiger partial charge on any atom is 0.407 e. The van der Waals surface area contributed by atoms with Crippen molar-refractivity contribution in [2.75, 3.05) is 32.7 Å². The van der Waals surface area contributed by atoms with E-state index in [2.05, 4.69) is 9.88 Å². The summed E-state index contributed by atoms with van der Waals surface area (Å²) in [5, 5.41) is 10.6. The van der Waals surface area contributed by atoms with Crippen LogP contribution in [0.25, 0.3) is 10.9 Å². The molecule has 2 N–H and O–H groups in total. The molecule has 3 heterocycles. The Hall–Kier alpha value is -2.54. The van der Waals surface area contributed by atoms with Crippen LogP contribution in [-0.2, 0) is 11.2 Å². The number of hydrogen-bond acceptors (Lipinski definition) is 3. The summed E-state index contributed by atoms with van der Waals surface area (Å²) in [4.78, 5) is 33.9. The fourth-order valence-electron chi connectivity index (χ4n) is 4.66. The molecule has 0 saturated carbocycles. The summed E-state index contributed by atoms with van der Waals surface area (Å²) in [5.41, 5.74) is 2.02. The Morgan fingerprint density at radius 1 is 1.11 bits per heavy atom. The molecular formula is C21H28N4O3. The molecule has 2 aliphatic heterocycles. The van der Waals surface area contributed by atoms with Gasteiger partial charge in [-0.25, -0.2) is 4.79 Å². The number of carboxylic acid groups (broad SMARTS) is 1. The van der Waals surface area contributed by atoms with E-state index < -0.39 is 6.09 Å². The van der Waals surface area contributed by atoms with Crippen LogP contribution in [0.2, 0.25) is 0 Å². The number of carbonyl (C=O) groups excluding carboxylic acids is 1. The zero-order chi connectivity index (χ0) is 19.7. The average Bonchev–Trinajstić information content (AvgIpc) is 3.33. The predicted molar refractivity (Wildman–Crippen MR) is 107 cm³/mol. The number of H-pyrrole nitrogens is 1. The fraction of sp³-hybridized carbons (Fsp3) is 0.524. The van der Waals surface area contributed by atoms with Crippen LogP contribution in [0, 0.1) is 0 Å². The van der Waals surface area contributed by atoms with Crippen LogP contribution >= 0.6 is 0 Å². The highest BCUT2D eigenvalue weighted by Crippen LogP contribution is 2.24. The number of piperazine rings is 1. The molecule has 2 fully saturated rings. The molecule has 7 nitrogen and oxygen atoms in total. The molecule has 0 aliphatic carbocycles. The van der Waals surface area contributed by atoms with Gasteiger partial charge in [0.15, 0.2) is 0 Å². The van der Waals surface area contributed by atoms with E-state index in [0.717, 1.165) is 36.1 Å². The van der Waals surface area contributed by atoms with Crippen molar-refractivity contribution in [3.63, 3.8) is 0 Å². The van der Waals surface area contributed by atoms with Gasteiger partial charge in [0.05, 0.1) is 18.5 Å². The lowest BCUT2D eigenvalue weighted by atomic mass is 10.0. The lowest BCUT2D eigenvalue weighted by Crippen LogP contribution is -2.64. The number of hydrogen-bond donors (Lipinski definition) is 2. The van der Waals surface area contributed by atoms with Crippen LogP contribution in [0.4, 0.5) is 4.79 Å². The summed E-state index contributed by atoms with van der Waals surface area (Å²) in [5.74, 6) is 0.0749. The summed E-state index contributed by atoms with van der Waals surface area (Å²) in [6, 6.07) is 7.67. The second kappa shape index (κ2) is 7.83. The zero-order valence-electron chi connectivity index (χ0n) is 16.3. The second-order valence-electron chi connectivity index (χ2n) is 7.92. The van der Waals surface area contributed by atoms with Crippen molar-refractivity contribution in [2.24, 2.45) is 0 Å². The molecule has 28 heavy (non-hydrogen) atoms. The third-order valence-corrected chi connectivity index (χ3v) is 6.26. The molecule has 4 rings (SSSR count). The Balaban J connectivity index is 1.54. The molecule has 1 aromatic heterocycles. The molecule has 0 spiro atoms. The molecule has 7 heteroatoms. The number of benzene rings is 1. The number of carbonyl (C=O) groups is 2. The van der Waals surface area contributed by atoms with Crippen molar-refractivity contribution < 1.29 is 14.7 Å². The quantitative estimate of drug-likeness (QED) is 0.848. The Morgan fingerprint density at radius 2 is 1.82 bits per heavy atom. The maximum absolute atomic E-state index is 13.2. The molecule has 2 amide bonds. The molecule has 0 unspecified atom stereocenters. The minimum Gasteiger partial charge on any atom is -0.465 e. The number of amides is 2. The van der Waals surface area contributed by atoms with Crippen molar-refractivity contribution in [2.45, 2.75) is 38.3 Å². The van der Waals surface area contributed by atoms with Crippen molar-refractivity contribution in [1.29, 1.82) is 0 Å². The molecule has 0 bridgehead atoms. The number of rotatable bonds is 4.